The highest BCUT2D eigenvalue weighted by Crippen LogP contribution is 2.54. The molecule has 3 aliphatic heterocycles. The van der Waals surface area contributed by atoms with E-state index in [-0.39, 0.29) is 12.2 Å². The SMILES string of the molecule is OC[C@H]1[C@H]2CN(CCOc3ccc(Cl)cc3)C[C@]23CC[C@H]1O3. The average Bonchev–Trinajstić information content (AvgIpc) is 3.16. The Kier molecular flexibility index (Phi) is 3.81. The first-order chi connectivity index (χ1) is 10.7. The molecule has 0 radical (unpaired) electrons. The number of aliphatic hydroxyl groups is 1. The lowest BCUT2D eigenvalue weighted by atomic mass is 9.74. The number of rotatable bonds is 5. The quantitative estimate of drug-likeness (QED) is 0.902. The number of nitrogens with zero attached hydrogens (tertiary/aromatic N) is 1. The van der Waals surface area contributed by atoms with E-state index in [1.54, 1.807) is 0 Å². The van der Waals surface area contributed by atoms with Gasteiger partial charge in [0.2, 0.25) is 0 Å². The van der Waals surface area contributed by atoms with Gasteiger partial charge in [0.1, 0.15) is 12.4 Å². The molecule has 1 spiro atoms. The minimum Gasteiger partial charge on any atom is -0.492 e. The number of hydrogen-bond donors (Lipinski definition) is 1. The second-order valence-electron chi connectivity index (χ2n) is 6.75. The molecule has 120 valence electrons. The van der Waals surface area contributed by atoms with Crippen LogP contribution >= 0.6 is 11.6 Å². The predicted molar refractivity (Wildman–Crippen MR) is 84.3 cm³/mol. The van der Waals surface area contributed by atoms with Crippen molar-refractivity contribution < 1.29 is 14.6 Å². The fourth-order valence-corrected chi connectivity index (χ4v) is 4.65. The van der Waals surface area contributed by atoms with Gasteiger partial charge in [-0.1, -0.05) is 11.6 Å². The Morgan fingerprint density at radius 1 is 1.36 bits per heavy atom. The first-order valence-electron chi connectivity index (χ1n) is 8.10. The van der Waals surface area contributed by atoms with Gasteiger partial charge in [0.15, 0.2) is 0 Å². The minimum absolute atomic E-state index is 0.0122. The van der Waals surface area contributed by atoms with Crippen LogP contribution in [0.4, 0.5) is 0 Å². The Hall–Kier alpha value is -0.810. The monoisotopic (exact) mass is 323 g/mol. The number of fused-ring (bicyclic) bond motifs is 1. The van der Waals surface area contributed by atoms with Gasteiger partial charge in [-0.2, -0.15) is 0 Å². The minimum atomic E-state index is 0.0122. The Labute approximate surface area is 136 Å². The summed E-state index contributed by atoms with van der Waals surface area (Å²) in [5, 5.41) is 10.4. The molecule has 4 atom stereocenters. The normalized spacial score (nSPS) is 36.7. The van der Waals surface area contributed by atoms with E-state index in [0.29, 0.717) is 24.5 Å². The lowest BCUT2D eigenvalue weighted by molar-refractivity contribution is 0.000235. The fourth-order valence-electron chi connectivity index (χ4n) is 4.52. The van der Waals surface area contributed by atoms with Crippen LogP contribution in [-0.2, 0) is 4.74 Å². The van der Waals surface area contributed by atoms with E-state index < -0.39 is 0 Å². The molecule has 0 amide bonds. The van der Waals surface area contributed by atoms with Crippen molar-refractivity contribution in [2.45, 2.75) is 24.5 Å². The number of halogens is 1. The van der Waals surface area contributed by atoms with Gasteiger partial charge in [0.25, 0.3) is 0 Å². The van der Waals surface area contributed by atoms with Gasteiger partial charge in [0, 0.05) is 43.1 Å². The molecule has 1 N–H and O–H groups in total. The molecular weight excluding hydrogens is 302 g/mol. The zero-order chi connectivity index (χ0) is 15.2. The fraction of sp³-hybridized carbons (Fsp3) is 0.647. The first-order valence-corrected chi connectivity index (χ1v) is 8.47. The topological polar surface area (TPSA) is 41.9 Å². The smallest absolute Gasteiger partial charge is 0.119 e. The molecule has 5 heteroatoms. The van der Waals surface area contributed by atoms with E-state index in [9.17, 15) is 5.11 Å². The Balaban J connectivity index is 1.31. The second kappa shape index (κ2) is 5.68. The van der Waals surface area contributed by atoms with Crippen molar-refractivity contribution in [3.63, 3.8) is 0 Å². The van der Waals surface area contributed by atoms with Crippen LogP contribution in [0.2, 0.25) is 5.02 Å². The highest BCUT2D eigenvalue weighted by Gasteiger charge is 2.62. The number of hydrogen-bond acceptors (Lipinski definition) is 4. The van der Waals surface area contributed by atoms with Crippen molar-refractivity contribution in [3.05, 3.63) is 29.3 Å². The maximum Gasteiger partial charge on any atom is 0.119 e. The summed E-state index contributed by atoms with van der Waals surface area (Å²) in [5.41, 5.74) is 0.0122. The van der Waals surface area contributed by atoms with E-state index in [1.807, 2.05) is 24.3 Å². The van der Waals surface area contributed by atoms with Gasteiger partial charge < -0.3 is 14.6 Å². The van der Waals surface area contributed by atoms with Gasteiger partial charge in [-0.15, -0.1) is 0 Å². The Bertz CT molecular complexity index is 537. The van der Waals surface area contributed by atoms with Gasteiger partial charge in [0.05, 0.1) is 11.7 Å². The molecular formula is C17H22ClNO3. The standard InChI is InChI=1S/C17H22ClNO3/c18-12-1-3-13(4-2-12)21-8-7-19-9-15-14(10-20)16-5-6-17(15,11-19)22-16/h1-4,14-16,20H,5-11H2/t14-,15+,16+,17+/m0/s1. The molecule has 2 bridgehead atoms. The number of benzene rings is 1. The third-order valence-electron chi connectivity index (χ3n) is 5.56. The van der Waals surface area contributed by atoms with E-state index in [4.69, 9.17) is 21.1 Å². The summed E-state index contributed by atoms with van der Waals surface area (Å²) in [6.07, 6.45) is 2.55. The summed E-state index contributed by atoms with van der Waals surface area (Å²) in [7, 11) is 0. The summed E-state index contributed by atoms with van der Waals surface area (Å²) < 4.78 is 12.0. The second-order valence-corrected chi connectivity index (χ2v) is 7.19. The molecule has 4 rings (SSSR count). The number of aliphatic hydroxyl groups excluding tert-OH is 1. The van der Waals surface area contributed by atoms with Crippen molar-refractivity contribution in [1.29, 1.82) is 0 Å². The van der Waals surface area contributed by atoms with Gasteiger partial charge in [-0.3, -0.25) is 4.90 Å². The number of ether oxygens (including phenoxy) is 2. The summed E-state index contributed by atoms with van der Waals surface area (Å²) in [5.74, 6) is 1.68. The van der Waals surface area contributed by atoms with Crippen LogP contribution in [0, 0.1) is 11.8 Å². The first kappa shape index (κ1) is 14.8. The molecule has 22 heavy (non-hydrogen) atoms. The summed E-state index contributed by atoms with van der Waals surface area (Å²) in [6, 6.07) is 7.47. The maximum atomic E-state index is 9.63. The molecule has 1 aromatic rings. The van der Waals surface area contributed by atoms with Crippen molar-refractivity contribution in [3.8, 4) is 5.75 Å². The molecule has 4 nitrogen and oxygen atoms in total. The molecule has 0 saturated carbocycles. The van der Waals surface area contributed by atoms with Crippen LogP contribution in [-0.4, -0.2) is 54.6 Å². The van der Waals surface area contributed by atoms with Gasteiger partial charge in [-0.25, -0.2) is 0 Å². The molecule has 0 aliphatic carbocycles. The van der Waals surface area contributed by atoms with Crippen molar-refractivity contribution in [2.24, 2.45) is 11.8 Å². The molecule has 3 heterocycles. The highest BCUT2D eigenvalue weighted by atomic mass is 35.5. The van der Waals surface area contributed by atoms with E-state index in [1.165, 1.54) is 0 Å². The highest BCUT2D eigenvalue weighted by molar-refractivity contribution is 6.30. The van der Waals surface area contributed by atoms with Crippen LogP contribution < -0.4 is 4.74 Å². The Morgan fingerprint density at radius 3 is 2.95 bits per heavy atom. The van der Waals surface area contributed by atoms with Crippen molar-refractivity contribution in [2.75, 3.05) is 32.8 Å². The van der Waals surface area contributed by atoms with E-state index in [2.05, 4.69) is 4.90 Å². The summed E-state index contributed by atoms with van der Waals surface area (Å²) in [4.78, 5) is 2.42. The molecule has 0 unspecified atom stereocenters. The average molecular weight is 324 g/mol. The summed E-state index contributed by atoms with van der Waals surface area (Å²) in [6.45, 7) is 3.82. The van der Waals surface area contributed by atoms with Crippen LogP contribution in [0.1, 0.15) is 12.8 Å². The zero-order valence-corrected chi connectivity index (χ0v) is 13.3. The third-order valence-corrected chi connectivity index (χ3v) is 5.81. The molecule has 3 saturated heterocycles. The van der Waals surface area contributed by atoms with E-state index in [0.717, 1.165) is 43.2 Å². The predicted octanol–water partition coefficient (Wildman–Crippen LogP) is 2.19. The zero-order valence-electron chi connectivity index (χ0n) is 12.6. The molecule has 3 aliphatic rings. The van der Waals surface area contributed by atoms with Crippen LogP contribution in [0.25, 0.3) is 0 Å². The number of likely N-dealkylation sites (tertiary alicyclic amines) is 1. The van der Waals surface area contributed by atoms with Gasteiger partial charge in [-0.05, 0) is 37.1 Å². The van der Waals surface area contributed by atoms with Gasteiger partial charge >= 0.3 is 0 Å². The largest absolute Gasteiger partial charge is 0.492 e. The third kappa shape index (κ3) is 2.42. The van der Waals surface area contributed by atoms with Crippen LogP contribution in [0.5, 0.6) is 5.75 Å². The molecule has 3 fully saturated rings. The van der Waals surface area contributed by atoms with Crippen LogP contribution in [0.15, 0.2) is 24.3 Å². The maximum absolute atomic E-state index is 9.63. The molecule has 1 aromatic carbocycles. The van der Waals surface area contributed by atoms with Crippen LogP contribution in [0.3, 0.4) is 0 Å². The van der Waals surface area contributed by atoms with Crippen molar-refractivity contribution in [1.82, 2.24) is 4.90 Å². The lowest BCUT2D eigenvalue weighted by Gasteiger charge is -2.28. The molecule has 0 aromatic heterocycles. The van der Waals surface area contributed by atoms with E-state index >= 15 is 0 Å². The lowest BCUT2D eigenvalue weighted by Crippen LogP contribution is -2.38. The summed E-state index contributed by atoms with van der Waals surface area (Å²) >= 11 is 5.87. The Morgan fingerprint density at radius 2 is 2.18 bits per heavy atom. The van der Waals surface area contributed by atoms with Crippen molar-refractivity contribution >= 4 is 11.6 Å².